The van der Waals surface area contributed by atoms with Gasteiger partial charge in [-0.1, -0.05) is 29.5 Å². The molecule has 5 nitrogen and oxygen atoms in total. The van der Waals surface area contributed by atoms with Gasteiger partial charge < -0.3 is 9.64 Å². The Balaban J connectivity index is 1.55. The standard InChI is InChI=1S/C20H23N3O2S2/c1-15-5-2-6-16-18(15)21-20(27-16)23(19(24)17-7-3-14-26-17)9-4-8-22-10-12-25-13-11-22/h2-3,5-7,14H,4,8-13H2,1H3/p+1. The molecule has 3 aromatic rings. The Morgan fingerprint density at radius 2 is 2.11 bits per heavy atom. The molecular weight excluding hydrogens is 378 g/mol. The lowest BCUT2D eigenvalue weighted by Crippen LogP contribution is -3.14. The molecule has 0 radical (unpaired) electrons. The first-order chi connectivity index (χ1) is 13.2. The van der Waals surface area contributed by atoms with Crippen molar-refractivity contribution in [2.24, 2.45) is 0 Å². The van der Waals surface area contributed by atoms with Gasteiger partial charge in [-0.05, 0) is 30.0 Å². The number of ether oxygens (including phenoxy) is 1. The number of hydrogen-bond donors (Lipinski definition) is 1. The molecule has 27 heavy (non-hydrogen) atoms. The Hall–Kier alpha value is -1.80. The van der Waals surface area contributed by atoms with Gasteiger partial charge in [0.2, 0.25) is 0 Å². The number of nitrogens with zero attached hydrogens (tertiary/aromatic N) is 2. The van der Waals surface area contributed by atoms with E-state index in [0.717, 1.165) is 65.1 Å². The van der Waals surface area contributed by atoms with E-state index in [2.05, 4.69) is 19.1 Å². The van der Waals surface area contributed by atoms with E-state index in [0.29, 0.717) is 6.54 Å². The quantitative estimate of drug-likeness (QED) is 0.690. The number of benzene rings is 1. The average Bonchev–Trinajstić information content (AvgIpc) is 3.36. The van der Waals surface area contributed by atoms with Crippen LogP contribution < -0.4 is 9.80 Å². The van der Waals surface area contributed by atoms with E-state index in [4.69, 9.17) is 9.72 Å². The number of morpholine rings is 1. The van der Waals surface area contributed by atoms with Crippen LogP contribution in [0.4, 0.5) is 5.13 Å². The van der Waals surface area contributed by atoms with Crippen molar-refractivity contribution in [3.8, 4) is 0 Å². The number of thiazole rings is 1. The summed E-state index contributed by atoms with van der Waals surface area (Å²) in [6.07, 6.45) is 0.960. The van der Waals surface area contributed by atoms with E-state index >= 15 is 0 Å². The summed E-state index contributed by atoms with van der Waals surface area (Å²) in [4.78, 5) is 22.1. The van der Waals surface area contributed by atoms with Crippen LogP contribution in [0.25, 0.3) is 10.2 Å². The number of quaternary nitrogens is 1. The summed E-state index contributed by atoms with van der Waals surface area (Å²) in [5.41, 5.74) is 2.15. The number of thiophene rings is 1. The van der Waals surface area contributed by atoms with Crippen LogP contribution in [0.15, 0.2) is 35.7 Å². The molecule has 0 bridgehead atoms. The van der Waals surface area contributed by atoms with Crippen LogP contribution in [-0.4, -0.2) is 50.3 Å². The van der Waals surface area contributed by atoms with Crippen LogP contribution in [0.2, 0.25) is 0 Å². The van der Waals surface area contributed by atoms with Gasteiger partial charge in [0.25, 0.3) is 5.91 Å². The highest BCUT2D eigenvalue weighted by atomic mass is 32.1. The molecule has 1 aromatic carbocycles. The Bertz CT molecular complexity index is 901. The predicted octanol–water partition coefficient (Wildman–Crippen LogP) is 2.62. The molecule has 1 aliphatic rings. The molecule has 1 N–H and O–H groups in total. The number of carbonyl (C=O) groups is 1. The minimum Gasteiger partial charge on any atom is -0.370 e. The first kappa shape index (κ1) is 18.6. The molecule has 1 aliphatic heterocycles. The zero-order valence-electron chi connectivity index (χ0n) is 15.4. The number of amides is 1. The summed E-state index contributed by atoms with van der Waals surface area (Å²) >= 11 is 3.09. The van der Waals surface area contributed by atoms with Gasteiger partial charge in [0.1, 0.15) is 13.1 Å². The van der Waals surface area contributed by atoms with E-state index in [-0.39, 0.29) is 5.91 Å². The Morgan fingerprint density at radius 1 is 1.26 bits per heavy atom. The van der Waals surface area contributed by atoms with E-state index < -0.39 is 0 Å². The van der Waals surface area contributed by atoms with E-state index in [1.165, 1.54) is 11.3 Å². The minimum atomic E-state index is 0.0543. The van der Waals surface area contributed by atoms with Crippen molar-refractivity contribution in [1.29, 1.82) is 0 Å². The van der Waals surface area contributed by atoms with Gasteiger partial charge in [-0.25, -0.2) is 4.98 Å². The molecule has 0 atom stereocenters. The molecule has 0 saturated carbocycles. The van der Waals surface area contributed by atoms with E-state index in [9.17, 15) is 4.79 Å². The minimum absolute atomic E-state index is 0.0543. The van der Waals surface area contributed by atoms with Crippen LogP contribution in [0.5, 0.6) is 0 Å². The maximum atomic E-state index is 13.1. The molecule has 4 rings (SSSR count). The number of rotatable bonds is 6. The Morgan fingerprint density at radius 3 is 2.85 bits per heavy atom. The monoisotopic (exact) mass is 402 g/mol. The predicted molar refractivity (Wildman–Crippen MR) is 111 cm³/mol. The normalized spacial score (nSPS) is 15.3. The van der Waals surface area contributed by atoms with Gasteiger partial charge >= 0.3 is 0 Å². The van der Waals surface area contributed by atoms with Crippen molar-refractivity contribution in [2.75, 3.05) is 44.3 Å². The van der Waals surface area contributed by atoms with Gasteiger partial charge in [-0.3, -0.25) is 9.69 Å². The third-order valence-electron chi connectivity index (χ3n) is 4.93. The zero-order valence-corrected chi connectivity index (χ0v) is 17.1. The average molecular weight is 403 g/mol. The van der Waals surface area contributed by atoms with Crippen LogP contribution in [-0.2, 0) is 4.74 Å². The smallest absolute Gasteiger partial charge is 0.270 e. The molecule has 1 fully saturated rings. The molecule has 3 heterocycles. The molecule has 0 unspecified atom stereocenters. The van der Waals surface area contributed by atoms with Gasteiger partial charge in [0.15, 0.2) is 5.13 Å². The van der Waals surface area contributed by atoms with E-state index in [1.807, 2.05) is 28.5 Å². The lowest BCUT2D eigenvalue weighted by atomic mass is 10.2. The van der Waals surface area contributed by atoms with Gasteiger partial charge in [-0.15, -0.1) is 11.3 Å². The van der Waals surface area contributed by atoms with Crippen molar-refractivity contribution < 1.29 is 14.4 Å². The maximum absolute atomic E-state index is 13.1. The topological polar surface area (TPSA) is 46.9 Å². The largest absolute Gasteiger partial charge is 0.370 e. The highest BCUT2D eigenvalue weighted by Gasteiger charge is 2.23. The fourth-order valence-corrected chi connectivity index (χ4v) is 5.14. The first-order valence-corrected chi connectivity index (χ1v) is 11.0. The summed E-state index contributed by atoms with van der Waals surface area (Å²) < 4.78 is 6.57. The summed E-state index contributed by atoms with van der Waals surface area (Å²) in [6, 6.07) is 10.0. The SMILES string of the molecule is Cc1cccc2sc(N(CCC[NH+]3CCOCC3)C(=O)c3cccs3)nc12. The number of anilines is 1. The molecule has 1 saturated heterocycles. The summed E-state index contributed by atoms with van der Waals surface area (Å²) in [7, 11) is 0. The molecule has 0 spiro atoms. The number of para-hydroxylation sites is 1. The number of nitrogens with one attached hydrogen (secondary N) is 1. The fourth-order valence-electron chi connectivity index (χ4n) is 3.40. The lowest BCUT2D eigenvalue weighted by molar-refractivity contribution is -0.908. The number of aryl methyl sites for hydroxylation is 1. The van der Waals surface area contributed by atoms with Crippen LogP contribution >= 0.6 is 22.7 Å². The number of aromatic nitrogens is 1. The second-order valence-corrected chi connectivity index (χ2v) is 8.77. The molecule has 7 heteroatoms. The van der Waals surface area contributed by atoms with Crippen molar-refractivity contribution in [3.63, 3.8) is 0 Å². The highest BCUT2D eigenvalue weighted by molar-refractivity contribution is 7.22. The van der Waals surface area contributed by atoms with Crippen molar-refractivity contribution in [2.45, 2.75) is 13.3 Å². The van der Waals surface area contributed by atoms with Gasteiger partial charge in [-0.2, -0.15) is 0 Å². The molecular formula is C20H24N3O2S2+. The molecule has 2 aromatic heterocycles. The highest BCUT2D eigenvalue weighted by Crippen LogP contribution is 2.31. The maximum Gasteiger partial charge on any atom is 0.270 e. The van der Waals surface area contributed by atoms with Gasteiger partial charge in [0, 0.05) is 13.0 Å². The third kappa shape index (κ3) is 4.21. The third-order valence-corrected chi connectivity index (χ3v) is 6.83. The van der Waals surface area contributed by atoms with Crippen molar-refractivity contribution in [1.82, 2.24) is 4.98 Å². The second kappa shape index (κ2) is 8.48. The van der Waals surface area contributed by atoms with Crippen molar-refractivity contribution >= 4 is 43.9 Å². The Labute approximate surface area is 167 Å². The van der Waals surface area contributed by atoms with Crippen LogP contribution in [0, 0.1) is 6.92 Å². The number of hydrogen-bond acceptors (Lipinski definition) is 5. The first-order valence-electron chi connectivity index (χ1n) is 9.35. The second-order valence-electron chi connectivity index (χ2n) is 6.82. The fraction of sp³-hybridized carbons (Fsp3) is 0.400. The lowest BCUT2D eigenvalue weighted by Gasteiger charge is -2.25. The summed E-state index contributed by atoms with van der Waals surface area (Å²) in [5.74, 6) is 0.0543. The van der Waals surface area contributed by atoms with E-state index in [1.54, 1.807) is 16.2 Å². The summed E-state index contributed by atoms with van der Waals surface area (Å²) in [5, 5.41) is 2.75. The summed E-state index contributed by atoms with van der Waals surface area (Å²) in [6.45, 7) is 7.60. The van der Waals surface area contributed by atoms with Crippen LogP contribution in [0.3, 0.4) is 0 Å². The van der Waals surface area contributed by atoms with Crippen molar-refractivity contribution in [3.05, 3.63) is 46.2 Å². The van der Waals surface area contributed by atoms with Crippen LogP contribution in [0.1, 0.15) is 21.7 Å². The molecule has 142 valence electrons. The zero-order chi connectivity index (χ0) is 18.6. The number of fused-ring (bicyclic) bond motifs is 1. The Kier molecular flexibility index (Phi) is 5.83. The number of carbonyl (C=O) groups excluding carboxylic acids is 1. The molecule has 1 amide bonds. The van der Waals surface area contributed by atoms with Gasteiger partial charge in [0.05, 0.1) is 34.9 Å². The molecule has 0 aliphatic carbocycles.